The maximum atomic E-state index is 14.5. The summed E-state index contributed by atoms with van der Waals surface area (Å²) in [4.78, 5) is 3.89. The quantitative estimate of drug-likeness (QED) is 0.454. The number of rotatable bonds is 13. The second kappa shape index (κ2) is 11.5. The molecule has 2 atom stereocenters. The number of benzene rings is 1. The zero-order valence-corrected chi connectivity index (χ0v) is 17.6. The fourth-order valence-electron chi connectivity index (χ4n) is 3.29. The molecule has 1 heterocycles. The van der Waals surface area contributed by atoms with Gasteiger partial charge >= 0.3 is 0 Å². The van der Waals surface area contributed by atoms with Crippen LogP contribution in [0.25, 0.3) is 0 Å². The van der Waals surface area contributed by atoms with Crippen LogP contribution in [0.2, 0.25) is 0 Å². The summed E-state index contributed by atoms with van der Waals surface area (Å²) in [5.74, 6) is -0.518. The third-order valence-corrected chi connectivity index (χ3v) is 6.47. The summed E-state index contributed by atoms with van der Waals surface area (Å²) in [7, 11) is 0. The first-order valence-electron chi connectivity index (χ1n) is 10.1. The Morgan fingerprint density at radius 1 is 1.14 bits per heavy atom. The van der Waals surface area contributed by atoms with Gasteiger partial charge in [-0.1, -0.05) is 58.4 Å². The van der Waals surface area contributed by atoms with Crippen LogP contribution in [0.5, 0.6) is 0 Å². The van der Waals surface area contributed by atoms with E-state index in [1.54, 1.807) is 11.8 Å². The van der Waals surface area contributed by atoms with Crippen molar-refractivity contribution in [3.63, 3.8) is 0 Å². The molecular weight excluding hydrogens is 380 g/mol. The van der Waals surface area contributed by atoms with Gasteiger partial charge in [-0.2, -0.15) is 16.9 Å². The molecule has 4 nitrogen and oxygen atoms in total. The van der Waals surface area contributed by atoms with Gasteiger partial charge < -0.3 is 5.11 Å². The molecule has 0 spiro atoms. The van der Waals surface area contributed by atoms with Crippen molar-refractivity contribution in [1.29, 1.82) is 0 Å². The normalized spacial score (nSPS) is 14.8. The minimum absolute atomic E-state index is 0.0563. The van der Waals surface area contributed by atoms with Crippen LogP contribution >= 0.6 is 11.8 Å². The van der Waals surface area contributed by atoms with Crippen LogP contribution in [0.1, 0.15) is 64.4 Å². The van der Waals surface area contributed by atoms with E-state index in [1.165, 1.54) is 61.6 Å². The number of thioether (sulfide) groups is 1. The zero-order chi connectivity index (χ0) is 20.4. The number of unbranched alkanes of at least 4 members (excludes halogenated alkanes) is 6. The van der Waals surface area contributed by atoms with E-state index in [-0.39, 0.29) is 17.4 Å². The Morgan fingerprint density at radius 3 is 2.50 bits per heavy atom. The minimum Gasteiger partial charge on any atom is -0.382 e. The topological polar surface area (TPSA) is 50.9 Å². The predicted molar refractivity (Wildman–Crippen MR) is 110 cm³/mol. The molecule has 0 bridgehead atoms. The number of aromatic nitrogens is 3. The van der Waals surface area contributed by atoms with Gasteiger partial charge in [-0.3, -0.25) is 0 Å². The van der Waals surface area contributed by atoms with Gasteiger partial charge in [0.2, 0.25) is 0 Å². The Bertz CT molecular complexity index is 699. The Labute approximate surface area is 170 Å². The van der Waals surface area contributed by atoms with E-state index in [0.29, 0.717) is 0 Å². The highest BCUT2D eigenvalue weighted by molar-refractivity contribution is 7.99. The number of halogens is 2. The Kier molecular flexibility index (Phi) is 9.38. The summed E-state index contributed by atoms with van der Waals surface area (Å²) in [5.41, 5.74) is -1.43. The van der Waals surface area contributed by atoms with E-state index in [2.05, 4.69) is 17.0 Å². The molecule has 0 saturated heterocycles. The smallest absolute Gasteiger partial charge is 0.137 e. The van der Waals surface area contributed by atoms with Crippen LogP contribution in [0.4, 0.5) is 8.78 Å². The average molecular weight is 412 g/mol. The number of aliphatic hydroxyl groups is 1. The second-order valence-corrected chi connectivity index (χ2v) is 8.72. The van der Waals surface area contributed by atoms with Crippen LogP contribution in [0, 0.1) is 11.6 Å². The summed E-state index contributed by atoms with van der Waals surface area (Å²) < 4.78 is 29.3. The molecule has 0 amide bonds. The second-order valence-electron chi connectivity index (χ2n) is 7.28. The van der Waals surface area contributed by atoms with Crippen molar-refractivity contribution >= 4 is 11.8 Å². The lowest BCUT2D eigenvalue weighted by Gasteiger charge is -2.34. The minimum atomic E-state index is -1.52. The molecule has 1 aromatic carbocycles. The van der Waals surface area contributed by atoms with Crippen LogP contribution < -0.4 is 0 Å². The van der Waals surface area contributed by atoms with Crippen LogP contribution in [-0.4, -0.2) is 30.9 Å². The first-order chi connectivity index (χ1) is 13.5. The standard InChI is InChI=1S/C21H31F2N3OS/c1-3-4-5-6-7-8-9-12-28-17(2)21(27,14-26-16-24-15-25-26)19-11-10-18(22)13-20(19)23/h10-11,13,15-17,27H,3-9,12,14H2,1-2H3/t17-,21-/m1/s1. The maximum Gasteiger partial charge on any atom is 0.137 e. The molecule has 28 heavy (non-hydrogen) atoms. The monoisotopic (exact) mass is 411 g/mol. The highest BCUT2D eigenvalue weighted by Crippen LogP contribution is 2.36. The Morgan fingerprint density at radius 2 is 1.86 bits per heavy atom. The molecule has 1 N–H and O–H groups in total. The van der Waals surface area contributed by atoms with Crippen LogP contribution in [0.15, 0.2) is 30.9 Å². The Balaban J connectivity index is 1.99. The summed E-state index contributed by atoms with van der Waals surface area (Å²) in [5, 5.41) is 15.2. The predicted octanol–water partition coefficient (Wildman–Crippen LogP) is 5.32. The van der Waals surface area contributed by atoms with Crippen molar-refractivity contribution in [3.8, 4) is 0 Å². The van der Waals surface area contributed by atoms with Gasteiger partial charge in [0.05, 0.1) is 6.54 Å². The lowest BCUT2D eigenvalue weighted by Crippen LogP contribution is -2.41. The third-order valence-electron chi connectivity index (χ3n) is 5.06. The molecular formula is C21H31F2N3OS. The lowest BCUT2D eigenvalue weighted by atomic mass is 9.90. The third kappa shape index (κ3) is 6.55. The molecule has 2 aromatic rings. The molecule has 0 fully saturated rings. The maximum absolute atomic E-state index is 14.5. The van der Waals surface area contributed by atoms with Gasteiger partial charge in [-0.25, -0.2) is 18.4 Å². The summed E-state index contributed by atoms with van der Waals surface area (Å²) in [6.07, 6.45) is 11.4. The van der Waals surface area contributed by atoms with Gasteiger partial charge in [-0.05, 0) is 18.2 Å². The summed E-state index contributed by atoms with van der Waals surface area (Å²) in [6, 6.07) is 3.32. The van der Waals surface area contributed by atoms with Crippen molar-refractivity contribution in [1.82, 2.24) is 14.8 Å². The fourth-order valence-corrected chi connectivity index (χ4v) is 4.49. The van der Waals surface area contributed by atoms with E-state index in [0.717, 1.165) is 24.7 Å². The van der Waals surface area contributed by atoms with Crippen molar-refractivity contribution in [3.05, 3.63) is 48.1 Å². The van der Waals surface area contributed by atoms with Gasteiger partial charge in [0.15, 0.2) is 0 Å². The highest BCUT2D eigenvalue weighted by Gasteiger charge is 2.39. The van der Waals surface area contributed by atoms with Gasteiger partial charge in [0, 0.05) is 16.9 Å². The molecule has 7 heteroatoms. The molecule has 0 radical (unpaired) electrons. The number of nitrogens with zero attached hydrogens (tertiary/aromatic N) is 3. The zero-order valence-electron chi connectivity index (χ0n) is 16.8. The van der Waals surface area contributed by atoms with Crippen molar-refractivity contribution in [2.24, 2.45) is 0 Å². The van der Waals surface area contributed by atoms with E-state index in [1.807, 2.05) is 6.92 Å². The van der Waals surface area contributed by atoms with Gasteiger partial charge in [0.25, 0.3) is 0 Å². The fraction of sp³-hybridized carbons (Fsp3) is 0.619. The molecule has 0 saturated carbocycles. The SMILES string of the molecule is CCCCCCCCCS[C@H](C)[C@](O)(Cn1cncn1)c1ccc(F)cc1F. The average Bonchev–Trinajstić information content (AvgIpc) is 3.16. The highest BCUT2D eigenvalue weighted by atomic mass is 32.2. The van der Waals surface area contributed by atoms with Crippen LogP contribution in [-0.2, 0) is 12.1 Å². The first kappa shape index (κ1) is 22.8. The molecule has 0 unspecified atom stereocenters. The number of hydrogen-bond acceptors (Lipinski definition) is 4. The van der Waals surface area contributed by atoms with E-state index >= 15 is 0 Å². The van der Waals surface area contributed by atoms with Gasteiger partial charge in [0.1, 0.15) is 29.9 Å². The first-order valence-corrected chi connectivity index (χ1v) is 11.1. The van der Waals surface area contributed by atoms with Gasteiger partial charge in [-0.15, -0.1) is 0 Å². The Hall–Kier alpha value is -1.47. The molecule has 156 valence electrons. The molecule has 0 aliphatic heterocycles. The van der Waals surface area contributed by atoms with Crippen molar-refractivity contribution < 1.29 is 13.9 Å². The van der Waals surface area contributed by atoms with Crippen molar-refractivity contribution in [2.75, 3.05) is 5.75 Å². The molecule has 0 aliphatic carbocycles. The lowest BCUT2D eigenvalue weighted by molar-refractivity contribution is 0.0133. The largest absolute Gasteiger partial charge is 0.382 e. The molecule has 1 aromatic heterocycles. The molecule has 2 rings (SSSR count). The summed E-state index contributed by atoms with van der Waals surface area (Å²) in [6.45, 7) is 4.15. The number of hydrogen-bond donors (Lipinski definition) is 1. The van der Waals surface area contributed by atoms with Crippen LogP contribution in [0.3, 0.4) is 0 Å². The van der Waals surface area contributed by atoms with Crippen molar-refractivity contribution in [2.45, 2.75) is 76.2 Å². The van der Waals surface area contributed by atoms with E-state index < -0.39 is 17.2 Å². The van der Waals surface area contributed by atoms with E-state index in [9.17, 15) is 13.9 Å². The van der Waals surface area contributed by atoms with E-state index in [4.69, 9.17) is 0 Å². The molecule has 0 aliphatic rings. The summed E-state index contributed by atoms with van der Waals surface area (Å²) >= 11 is 1.61.